The van der Waals surface area contributed by atoms with Crippen molar-refractivity contribution < 1.29 is 9.59 Å². The Hall–Kier alpha value is -1.26. The van der Waals surface area contributed by atoms with Crippen LogP contribution in [0, 0.1) is 11.8 Å². The molecule has 3 rings (SSSR count). The van der Waals surface area contributed by atoms with Crippen LogP contribution in [0.25, 0.3) is 0 Å². The van der Waals surface area contributed by atoms with Crippen LogP contribution in [0.2, 0.25) is 10.0 Å². The molecule has 4 nitrogen and oxygen atoms in total. The van der Waals surface area contributed by atoms with Gasteiger partial charge in [-0.25, -0.2) is 0 Å². The van der Waals surface area contributed by atoms with E-state index in [9.17, 15) is 9.59 Å². The van der Waals surface area contributed by atoms with Crippen molar-refractivity contribution >= 4 is 35.0 Å². The lowest BCUT2D eigenvalue weighted by molar-refractivity contribution is -0.124. The lowest BCUT2D eigenvalue weighted by atomic mass is 9.89. The van der Waals surface area contributed by atoms with E-state index in [2.05, 4.69) is 5.32 Å². The van der Waals surface area contributed by atoms with Crippen molar-refractivity contribution in [1.29, 1.82) is 0 Å². The molecule has 0 radical (unpaired) electrons. The van der Waals surface area contributed by atoms with Crippen LogP contribution in [-0.2, 0) is 4.79 Å². The molecule has 0 unspecified atom stereocenters. The molecule has 2 fully saturated rings. The average Bonchev–Trinajstić information content (AvgIpc) is 2.91. The van der Waals surface area contributed by atoms with E-state index in [1.807, 2.05) is 0 Å². The number of carbonyl (C=O) groups is 2. The molecule has 118 valence electrons. The molecule has 1 aliphatic carbocycles. The summed E-state index contributed by atoms with van der Waals surface area (Å²) in [6, 6.07) is 5.24. The summed E-state index contributed by atoms with van der Waals surface area (Å²) in [5.41, 5.74) is 0.431. The van der Waals surface area contributed by atoms with Crippen molar-refractivity contribution in [2.45, 2.75) is 25.3 Å². The Bertz CT molecular complexity index is 620. The third kappa shape index (κ3) is 2.82. The standard InChI is InChI=1S/C16H18Cl2N2O2/c1-20(16(22)12-3-2-4-13(17)15(12)18)11-5-9-7-14(21)19-8-10(9)6-11/h2-4,9-11H,5-8H2,1H3,(H,19,21)/t9-,10+,11-/m1/s1. The minimum atomic E-state index is -0.115. The Labute approximate surface area is 139 Å². The van der Waals surface area contributed by atoms with Crippen LogP contribution in [0.15, 0.2) is 18.2 Å². The normalized spacial score (nSPS) is 27.2. The van der Waals surface area contributed by atoms with Gasteiger partial charge in [-0.1, -0.05) is 29.3 Å². The molecule has 1 heterocycles. The minimum Gasteiger partial charge on any atom is -0.356 e. The smallest absolute Gasteiger partial charge is 0.255 e. The van der Waals surface area contributed by atoms with Gasteiger partial charge in [0.1, 0.15) is 0 Å². The van der Waals surface area contributed by atoms with Gasteiger partial charge in [-0.15, -0.1) is 0 Å². The Morgan fingerprint density at radius 2 is 2.00 bits per heavy atom. The molecule has 6 heteroatoms. The third-order valence-corrected chi connectivity index (χ3v) is 5.69. The lowest BCUT2D eigenvalue weighted by Gasteiger charge is -2.25. The van der Waals surface area contributed by atoms with Crippen LogP contribution in [0.5, 0.6) is 0 Å². The summed E-state index contributed by atoms with van der Waals surface area (Å²) >= 11 is 12.1. The van der Waals surface area contributed by atoms with E-state index in [1.54, 1.807) is 30.1 Å². The molecule has 0 spiro atoms. The zero-order valence-electron chi connectivity index (χ0n) is 12.3. The van der Waals surface area contributed by atoms with E-state index in [0.29, 0.717) is 33.9 Å². The Balaban J connectivity index is 1.74. The number of piperidine rings is 1. The van der Waals surface area contributed by atoms with Gasteiger partial charge in [0.25, 0.3) is 5.91 Å². The second kappa shape index (κ2) is 6.09. The summed E-state index contributed by atoms with van der Waals surface area (Å²) in [6.45, 7) is 0.722. The molecule has 0 aromatic heterocycles. The average molecular weight is 341 g/mol. The molecule has 3 atom stereocenters. The first kappa shape index (κ1) is 15.6. The maximum Gasteiger partial charge on any atom is 0.255 e. The number of hydrogen-bond acceptors (Lipinski definition) is 2. The van der Waals surface area contributed by atoms with Crippen LogP contribution in [0.4, 0.5) is 0 Å². The fourth-order valence-electron chi connectivity index (χ4n) is 3.58. The number of hydrogen-bond donors (Lipinski definition) is 1. The van der Waals surface area contributed by atoms with Crippen molar-refractivity contribution in [3.05, 3.63) is 33.8 Å². The van der Waals surface area contributed by atoms with E-state index in [0.717, 1.165) is 19.4 Å². The molecule has 2 aliphatic rings. The number of carbonyl (C=O) groups excluding carboxylic acids is 2. The number of rotatable bonds is 2. The molecule has 1 aromatic rings. The first-order valence-electron chi connectivity index (χ1n) is 7.45. The van der Waals surface area contributed by atoms with Crippen LogP contribution < -0.4 is 5.32 Å². The van der Waals surface area contributed by atoms with Crippen molar-refractivity contribution in [2.24, 2.45) is 11.8 Å². The molecule has 2 amide bonds. The number of amides is 2. The van der Waals surface area contributed by atoms with E-state index in [-0.39, 0.29) is 17.9 Å². The molecule has 1 saturated heterocycles. The van der Waals surface area contributed by atoms with Gasteiger partial charge in [0.15, 0.2) is 0 Å². The van der Waals surface area contributed by atoms with Crippen molar-refractivity contribution in [3.8, 4) is 0 Å². The first-order chi connectivity index (χ1) is 10.5. The molecule has 0 bridgehead atoms. The zero-order valence-corrected chi connectivity index (χ0v) is 13.8. The number of halogens is 2. The van der Waals surface area contributed by atoms with E-state index >= 15 is 0 Å². The third-order valence-electron chi connectivity index (χ3n) is 4.88. The van der Waals surface area contributed by atoms with E-state index in [4.69, 9.17) is 23.2 Å². The van der Waals surface area contributed by atoms with Gasteiger partial charge >= 0.3 is 0 Å². The van der Waals surface area contributed by atoms with Gasteiger partial charge in [0.2, 0.25) is 5.91 Å². The topological polar surface area (TPSA) is 49.4 Å². The highest BCUT2D eigenvalue weighted by Crippen LogP contribution is 2.39. The van der Waals surface area contributed by atoms with E-state index < -0.39 is 0 Å². The second-order valence-electron chi connectivity index (χ2n) is 6.17. The highest BCUT2D eigenvalue weighted by molar-refractivity contribution is 6.43. The first-order valence-corrected chi connectivity index (χ1v) is 8.21. The van der Waals surface area contributed by atoms with Crippen LogP contribution in [-0.4, -0.2) is 36.3 Å². The van der Waals surface area contributed by atoms with Gasteiger partial charge < -0.3 is 10.2 Å². The summed E-state index contributed by atoms with van der Waals surface area (Å²) in [7, 11) is 1.80. The van der Waals surface area contributed by atoms with Crippen LogP contribution in [0.3, 0.4) is 0 Å². The summed E-state index contributed by atoms with van der Waals surface area (Å²) in [6.07, 6.45) is 2.37. The highest BCUT2D eigenvalue weighted by atomic mass is 35.5. The van der Waals surface area contributed by atoms with Crippen LogP contribution in [0.1, 0.15) is 29.6 Å². The number of fused-ring (bicyclic) bond motifs is 1. The summed E-state index contributed by atoms with van der Waals surface area (Å²) in [4.78, 5) is 25.9. The number of nitrogens with one attached hydrogen (secondary N) is 1. The SMILES string of the molecule is CN(C(=O)c1cccc(Cl)c1Cl)[C@H]1C[C@H]2CNC(=O)C[C@H]2C1. The summed E-state index contributed by atoms with van der Waals surface area (Å²) in [5, 5.41) is 3.59. The molecule has 1 aliphatic heterocycles. The molecule has 22 heavy (non-hydrogen) atoms. The molecular formula is C16H18Cl2N2O2. The predicted molar refractivity (Wildman–Crippen MR) is 86.2 cm³/mol. The van der Waals surface area contributed by atoms with E-state index in [1.165, 1.54) is 0 Å². The summed E-state index contributed by atoms with van der Waals surface area (Å²) in [5.74, 6) is 0.848. The van der Waals surface area contributed by atoms with Gasteiger partial charge in [-0.3, -0.25) is 9.59 Å². The van der Waals surface area contributed by atoms with Gasteiger partial charge in [0.05, 0.1) is 15.6 Å². The summed E-state index contributed by atoms with van der Waals surface area (Å²) < 4.78 is 0. The largest absolute Gasteiger partial charge is 0.356 e. The van der Waals surface area contributed by atoms with Crippen LogP contribution >= 0.6 is 23.2 Å². The maximum absolute atomic E-state index is 12.7. The number of benzene rings is 1. The number of nitrogens with zero attached hydrogens (tertiary/aromatic N) is 1. The second-order valence-corrected chi connectivity index (χ2v) is 6.96. The monoisotopic (exact) mass is 340 g/mol. The lowest BCUT2D eigenvalue weighted by Crippen LogP contribution is -2.38. The molecular weight excluding hydrogens is 323 g/mol. The van der Waals surface area contributed by atoms with Crippen molar-refractivity contribution in [2.75, 3.05) is 13.6 Å². The minimum absolute atomic E-state index is 0.115. The maximum atomic E-state index is 12.7. The Kier molecular flexibility index (Phi) is 4.33. The fraction of sp³-hybridized carbons (Fsp3) is 0.500. The van der Waals surface area contributed by atoms with Crippen molar-refractivity contribution in [3.63, 3.8) is 0 Å². The predicted octanol–water partition coefficient (Wildman–Crippen LogP) is 2.98. The van der Waals surface area contributed by atoms with Gasteiger partial charge in [0, 0.05) is 26.1 Å². The quantitative estimate of drug-likeness (QED) is 0.899. The Morgan fingerprint density at radius 1 is 1.27 bits per heavy atom. The van der Waals surface area contributed by atoms with Crippen molar-refractivity contribution in [1.82, 2.24) is 10.2 Å². The highest BCUT2D eigenvalue weighted by Gasteiger charge is 2.40. The van der Waals surface area contributed by atoms with Gasteiger partial charge in [-0.05, 0) is 36.8 Å². The molecule has 1 N–H and O–H groups in total. The molecule has 1 saturated carbocycles. The fourth-order valence-corrected chi connectivity index (χ4v) is 3.96. The zero-order chi connectivity index (χ0) is 15.9. The Morgan fingerprint density at radius 3 is 2.77 bits per heavy atom. The van der Waals surface area contributed by atoms with Gasteiger partial charge in [-0.2, -0.15) is 0 Å². The molecule has 1 aromatic carbocycles.